The smallest absolute Gasteiger partial charge is 0.327 e. The van der Waals surface area contributed by atoms with Crippen molar-refractivity contribution in [3.8, 4) is 0 Å². The van der Waals surface area contributed by atoms with Gasteiger partial charge in [0, 0.05) is 18.6 Å². The molecule has 3 unspecified atom stereocenters. The molecule has 0 radical (unpaired) electrons. The van der Waals surface area contributed by atoms with Crippen LogP contribution in [0, 0.1) is 0 Å². The highest BCUT2D eigenvalue weighted by Gasteiger charge is 2.26. The number of hydrogen-bond acceptors (Lipinski definition) is 8. The SMILES string of the molecule is NC(CCC(=O)O)C(=O)NCC(=O)NC(CCC(=O)O)C(=O)NC(CS)C(=O)O. The molecular formula is C15H24N4O9S. The summed E-state index contributed by atoms with van der Waals surface area (Å²) >= 11 is 3.78. The van der Waals surface area contributed by atoms with Crippen molar-refractivity contribution < 1.29 is 44.1 Å². The molecule has 14 heteroatoms. The largest absolute Gasteiger partial charge is 0.481 e. The second-order valence-electron chi connectivity index (χ2n) is 5.89. The summed E-state index contributed by atoms with van der Waals surface area (Å²) in [5.41, 5.74) is 5.48. The topological polar surface area (TPSA) is 225 Å². The number of carbonyl (C=O) groups excluding carboxylic acids is 3. The predicted octanol–water partition coefficient (Wildman–Crippen LogP) is -2.86. The lowest BCUT2D eigenvalue weighted by molar-refractivity contribution is -0.142. The predicted molar refractivity (Wildman–Crippen MR) is 100 cm³/mol. The molecule has 0 aliphatic carbocycles. The number of hydrogen-bond donors (Lipinski definition) is 8. The number of nitrogens with two attached hydrogens (primary N) is 1. The van der Waals surface area contributed by atoms with E-state index in [4.69, 9.17) is 21.1 Å². The maximum absolute atomic E-state index is 12.2. The van der Waals surface area contributed by atoms with Crippen molar-refractivity contribution in [2.45, 2.75) is 43.8 Å². The maximum Gasteiger partial charge on any atom is 0.327 e. The Kier molecular flexibility index (Phi) is 12.0. The van der Waals surface area contributed by atoms with Gasteiger partial charge in [0.2, 0.25) is 17.7 Å². The van der Waals surface area contributed by atoms with Crippen LogP contribution in [-0.4, -0.2) is 81.4 Å². The number of rotatable bonds is 14. The van der Waals surface area contributed by atoms with E-state index in [-0.39, 0.29) is 25.0 Å². The van der Waals surface area contributed by atoms with E-state index < -0.39 is 66.7 Å². The lowest BCUT2D eigenvalue weighted by Crippen LogP contribution is -2.54. The van der Waals surface area contributed by atoms with Crippen molar-refractivity contribution in [2.75, 3.05) is 12.3 Å². The van der Waals surface area contributed by atoms with Crippen molar-refractivity contribution in [2.24, 2.45) is 5.73 Å². The molecule has 0 aromatic heterocycles. The number of carboxylic acid groups (broad SMARTS) is 3. The Balaban J connectivity index is 4.79. The highest BCUT2D eigenvalue weighted by molar-refractivity contribution is 7.80. The molecule has 0 fully saturated rings. The van der Waals surface area contributed by atoms with Gasteiger partial charge >= 0.3 is 17.9 Å². The zero-order valence-electron chi connectivity index (χ0n) is 15.3. The zero-order chi connectivity index (χ0) is 22.6. The first-order valence-corrected chi connectivity index (χ1v) is 9.01. The number of carbonyl (C=O) groups is 6. The van der Waals surface area contributed by atoms with E-state index in [1.54, 1.807) is 0 Å². The van der Waals surface area contributed by atoms with Gasteiger partial charge in [-0.05, 0) is 12.8 Å². The van der Waals surface area contributed by atoms with Crippen LogP contribution in [-0.2, 0) is 28.8 Å². The minimum Gasteiger partial charge on any atom is -0.481 e. The van der Waals surface area contributed by atoms with Crippen LogP contribution in [0.5, 0.6) is 0 Å². The fourth-order valence-electron chi connectivity index (χ4n) is 1.95. The number of carboxylic acids is 3. The molecule has 29 heavy (non-hydrogen) atoms. The molecule has 0 bridgehead atoms. The van der Waals surface area contributed by atoms with Crippen LogP contribution in [0.2, 0.25) is 0 Å². The van der Waals surface area contributed by atoms with E-state index in [0.717, 1.165) is 0 Å². The van der Waals surface area contributed by atoms with E-state index in [1.165, 1.54) is 0 Å². The fourth-order valence-corrected chi connectivity index (χ4v) is 2.20. The molecule has 0 aromatic carbocycles. The standard InChI is InChI=1S/C15H24N4O9S/c16-7(1-3-11(21)22)13(25)17-5-10(20)18-8(2-4-12(23)24)14(26)19-9(6-29)15(27)28/h7-9,29H,1-6,16H2,(H,17,25)(H,18,20)(H,19,26)(H,21,22)(H,23,24)(H,27,28). The third-order valence-electron chi connectivity index (χ3n) is 3.52. The van der Waals surface area contributed by atoms with Gasteiger partial charge in [0.25, 0.3) is 0 Å². The zero-order valence-corrected chi connectivity index (χ0v) is 16.2. The van der Waals surface area contributed by atoms with E-state index in [9.17, 15) is 28.8 Å². The molecule has 0 spiro atoms. The summed E-state index contributed by atoms with van der Waals surface area (Å²) in [6.07, 6.45) is -1.29. The first-order valence-electron chi connectivity index (χ1n) is 8.38. The average molecular weight is 436 g/mol. The van der Waals surface area contributed by atoms with Gasteiger partial charge in [-0.3, -0.25) is 24.0 Å². The van der Waals surface area contributed by atoms with Gasteiger partial charge in [0.1, 0.15) is 12.1 Å². The molecule has 0 rings (SSSR count). The third kappa shape index (κ3) is 11.5. The maximum atomic E-state index is 12.2. The summed E-state index contributed by atoms with van der Waals surface area (Å²) in [6, 6.07) is -3.86. The van der Waals surface area contributed by atoms with E-state index in [1.807, 2.05) is 0 Å². The second kappa shape index (κ2) is 13.3. The molecule has 3 atom stereocenters. The lowest BCUT2D eigenvalue weighted by Gasteiger charge is -2.20. The Morgan fingerprint density at radius 2 is 1.38 bits per heavy atom. The Morgan fingerprint density at radius 1 is 0.828 bits per heavy atom. The molecule has 0 saturated heterocycles. The first kappa shape index (κ1) is 26.1. The van der Waals surface area contributed by atoms with Crippen LogP contribution in [0.15, 0.2) is 0 Å². The molecule has 0 aromatic rings. The summed E-state index contributed by atoms with van der Waals surface area (Å²) in [4.78, 5) is 68.0. The van der Waals surface area contributed by atoms with Crippen molar-refractivity contribution in [1.29, 1.82) is 0 Å². The number of nitrogens with one attached hydrogen (secondary N) is 3. The molecule has 13 nitrogen and oxygen atoms in total. The van der Waals surface area contributed by atoms with Gasteiger partial charge in [0.05, 0.1) is 12.6 Å². The summed E-state index contributed by atoms with van der Waals surface area (Å²) < 4.78 is 0. The first-order chi connectivity index (χ1) is 13.5. The average Bonchev–Trinajstić information content (AvgIpc) is 2.64. The minimum absolute atomic E-state index is 0.146. The molecule has 3 amide bonds. The van der Waals surface area contributed by atoms with Crippen molar-refractivity contribution >= 4 is 48.3 Å². The molecule has 8 N–H and O–H groups in total. The van der Waals surface area contributed by atoms with Crippen molar-refractivity contribution in [3.63, 3.8) is 0 Å². The van der Waals surface area contributed by atoms with Gasteiger partial charge in [-0.1, -0.05) is 0 Å². The van der Waals surface area contributed by atoms with Crippen LogP contribution in [0.25, 0.3) is 0 Å². The van der Waals surface area contributed by atoms with Gasteiger partial charge in [-0.25, -0.2) is 4.79 Å². The molecule has 164 valence electrons. The summed E-state index contributed by atoms with van der Waals surface area (Å²) in [5.74, 6) is -6.53. The van der Waals surface area contributed by atoms with Crippen molar-refractivity contribution in [1.82, 2.24) is 16.0 Å². The van der Waals surface area contributed by atoms with Crippen molar-refractivity contribution in [3.05, 3.63) is 0 Å². The molecule has 0 aliphatic rings. The van der Waals surface area contributed by atoms with Gasteiger partial charge in [-0.15, -0.1) is 0 Å². The van der Waals surface area contributed by atoms with Crippen LogP contribution < -0.4 is 21.7 Å². The molecule has 0 heterocycles. The third-order valence-corrected chi connectivity index (χ3v) is 3.89. The lowest BCUT2D eigenvalue weighted by atomic mass is 10.1. The molecular weight excluding hydrogens is 412 g/mol. The second-order valence-corrected chi connectivity index (χ2v) is 6.26. The highest BCUT2D eigenvalue weighted by Crippen LogP contribution is 2.01. The van der Waals surface area contributed by atoms with Crippen LogP contribution >= 0.6 is 12.6 Å². The summed E-state index contributed by atoms with van der Waals surface area (Å²) in [5, 5.41) is 32.7. The highest BCUT2D eigenvalue weighted by atomic mass is 32.1. The van der Waals surface area contributed by atoms with Crippen LogP contribution in [0.3, 0.4) is 0 Å². The Hall–Kier alpha value is -2.87. The quantitative estimate of drug-likeness (QED) is 0.130. The Labute approximate surface area is 170 Å². The number of thiol groups is 1. The van der Waals surface area contributed by atoms with E-state index in [0.29, 0.717) is 0 Å². The summed E-state index contributed by atoms with van der Waals surface area (Å²) in [6.45, 7) is -0.606. The Bertz CT molecular complexity index is 643. The number of amides is 3. The van der Waals surface area contributed by atoms with Gasteiger partial charge in [-0.2, -0.15) is 12.6 Å². The minimum atomic E-state index is -1.36. The van der Waals surface area contributed by atoms with Gasteiger partial charge < -0.3 is 37.0 Å². The normalized spacial score (nSPS) is 13.4. The van der Waals surface area contributed by atoms with Gasteiger partial charge in [0.15, 0.2) is 0 Å². The monoisotopic (exact) mass is 436 g/mol. The van der Waals surface area contributed by atoms with Crippen LogP contribution in [0.4, 0.5) is 0 Å². The van der Waals surface area contributed by atoms with E-state index in [2.05, 4.69) is 28.6 Å². The Morgan fingerprint density at radius 3 is 1.86 bits per heavy atom. The molecule has 0 saturated carbocycles. The number of aliphatic carboxylic acids is 3. The fraction of sp³-hybridized carbons (Fsp3) is 0.600. The van der Waals surface area contributed by atoms with Crippen LogP contribution in [0.1, 0.15) is 25.7 Å². The summed E-state index contributed by atoms with van der Waals surface area (Å²) in [7, 11) is 0. The molecule has 0 aliphatic heterocycles. The van der Waals surface area contributed by atoms with E-state index >= 15 is 0 Å².